The number of aromatic amines is 1. The Morgan fingerprint density at radius 2 is 1.25 bits per heavy atom. The standard InChI is InChI=1S/C28H41N3O/c1-5-9-14-20-21(15-10-6-2)23(17-12-8-4)28(32)26(22(20)16-11-7-3)24-18-13-19-25-27(24)30-31-29-25/h13,18-19,32H,5-12,14-17H2,1-4H3,(H,29,30,31). The van der Waals surface area contributed by atoms with Crippen molar-refractivity contribution in [2.45, 2.75) is 105 Å². The highest BCUT2D eigenvalue weighted by atomic mass is 16.3. The number of phenols is 1. The summed E-state index contributed by atoms with van der Waals surface area (Å²) in [6, 6.07) is 6.16. The molecule has 0 aliphatic rings. The van der Waals surface area contributed by atoms with Gasteiger partial charge in [0.1, 0.15) is 11.3 Å². The van der Waals surface area contributed by atoms with Gasteiger partial charge in [-0.15, -0.1) is 5.10 Å². The molecular weight excluding hydrogens is 394 g/mol. The topological polar surface area (TPSA) is 61.8 Å². The molecule has 0 unspecified atom stereocenters. The first-order valence-corrected chi connectivity index (χ1v) is 12.9. The fraction of sp³-hybridized carbons (Fsp3) is 0.571. The molecule has 0 bridgehead atoms. The molecule has 0 amide bonds. The van der Waals surface area contributed by atoms with Crippen LogP contribution in [-0.2, 0) is 25.7 Å². The van der Waals surface area contributed by atoms with Gasteiger partial charge in [0.05, 0.1) is 5.52 Å². The molecule has 0 saturated carbocycles. The van der Waals surface area contributed by atoms with Gasteiger partial charge in [0.2, 0.25) is 0 Å². The molecule has 174 valence electrons. The van der Waals surface area contributed by atoms with Gasteiger partial charge >= 0.3 is 0 Å². The van der Waals surface area contributed by atoms with Crippen molar-refractivity contribution in [1.82, 2.24) is 15.4 Å². The van der Waals surface area contributed by atoms with Crippen LogP contribution in [0, 0.1) is 0 Å². The van der Waals surface area contributed by atoms with Crippen LogP contribution in [-0.4, -0.2) is 20.5 Å². The SMILES string of the molecule is CCCCc1c(O)c(-c2cccc3[nH]nnc23)c(CCCC)c(CCCC)c1CCCC. The van der Waals surface area contributed by atoms with Gasteiger partial charge in [-0.2, -0.15) is 0 Å². The minimum absolute atomic E-state index is 0.492. The number of rotatable bonds is 13. The maximum absolute atomic E-state index is 11.8. The molecule has 1 aromatic heterocycles. The van der Waals surface area contributed by atoms with Crippen LogP contribution < -0.4 is 0 Å². The lowest BCUT2D eigenvalue weighted by molar-refractivity contribution is 0.466. The number of benzene rings is 2. The highest BCUT2D eigenvalue weighted by molar-refractivity contribution is 5.95. The van der Waals surface area contributed by atoms with Crippen LogP contribution in [0.15, 0.2) is 18.2 Å². The lowest BCUT2D eigenvalue weighted by atomic mass is 9.80. The summed E-state index contributed by atoms with van der Waals surface area (Å²) in [6.45, 7) is 9.01. The second kappa shape index (κ2) is 12.0. The Kier molecular flexibility index (Phi) is 9.13. The average Bonchev–Trinajstić information content (AvgIpc) is 3.29. The smallest absolute Gasteiger partial charge is 0.127 e. The van der Waals surface area contributed by atoms with E-state index in [1.54, 1.807) is 0 Å². The Balaban J connectivity index is 2.35. The van der Waals surface area contributed by atoms with Gasteiger partial charge in [0.25, 0.3) is 0 Å². The maximum Gasteiger partial charge on any atom is 0.127 e. The van der Waals surface area contributed by atoms with Crippen molar-refractivity contribution < 1.29 is 5.11 Å². The normalized spacial score (nSPS) is 11.5. The van der Waals surface area contributed by atoms with Crippen molar-refractivity contribution in [3.05, 3.63) is 40.5 Å². The molecule has 32 heavy (non-hydrogen) atoms. The van der Waals surface area contributed by atoms with Crippen molar-refractivity contribution in [2.24, 2.45) is 0 Å². The molecule has 4 heteroatoms. The Hall–Kier alpha value is -2.36. The van der Waals surface area contributed by atoms with Gasteiger partial charge < -0.3 is 5.11 Å². The van der Waals surface area contributed by atoms with Crippen LogP contribution in [0.4, 0.5) is 0 Å². The molecule has 0 saturated heterocycles. The molecule has 4 nitrogen and oxygen atoms in total. The molecule has 3 rings (SSSR count). The first kappa shape index (κ1) is 24.3. The number of unbranched alkanes of at least 4 members (excludes halogenated alkanes) is 4. The van der Waals surface area contributed by atoms with Crippen molar-refractivity contribution in [1.29, 1.82) is 0 Å². The fourth-order valence-electron chi connectivity index (χ4n) is 4.88. The van der Waals surface area contributed by atoms with E-state index in [0.29, 0.717) is 5.75 Å². The second-order valence-electron chi connectivity index (χ2n) is 9.07. The zero-order valence-electron chi connectivity index (χ0n) is 20.6. The third-order valence-electron chi connectivity index (χ3n) is 6.66. The summed E-state index contributed by atoms with van der Waals surface area (Å²) in [6.07, 6.45) is 13.3. The lowest BCUT2D eigenvalue weighted by Crippen LogP contribution is -2.09. The van der Waals surface area contributed by atoms with E-state index in [9.17, 15) is 5.11 Å². The fourth-order valence-corrected chi connectivity index (χ4v) is 4.88. The molecule has 0 aliphatic heterocycles. The second-order valence-corrected chi connectivity index (χ2v) is 9.07. The Bertz CT molecular complexity index is 1010. The number of hydrogen-bond acceptors (Lipinski definition) is 3. The van der Waals surface area contributed by atoms with Gasteiger partial charge in [-0.25, -0.2) is 0 Å². The summed E-state index contributed by atoms with van der Waals surface area (Å²) in [5.41, 5.74) is 9.27. The Morgan fingerprint density at radius 3 is 1.84 bits per heavy atom. The molecule has 0 radical (unpaired) electrons. The molecule has 0 fully saturated rings. The zero-order chi connectivity index (χ0) is 22.9. The molecule has 0 aliphatic carbocycles. The Labute approximate surface area is 193 Å². The molecule has 0 atom stereocenters. The van der Waals surface area contributed by atoms with Crippen molar-refractivity contribution in [2.75, 3.05) is 0 Å². The third-order valence-corrected chi connectivity index (χ3v) is 6.66. The van der Waals surface area contributed by atoms with Gasteiger partial charge in [0.15, 0.2) is 0 Å². The number of nitrogens with one attached hydrogen (secondary N) is 1. The number of hydrogen-bond donors (Lipinski definition) is 2. The van der Waals surface area contributed by atoms with Crippen LogP contribution in [0.5, 0.6) is 5.75 Å². The van der Waals surface area contributed by atoms with Crippen molar-refractivity contribution in [3.63, 3.8) is 0 Å². The molecule has 2 aromatic carbocycles. The highest BCUT2D eigenvalue weighted by Gasteiger charge is 2.25. The maximum atomic E-state index is 11.8. The average molecular weight is 436 g/mol. The number of H-pyrrole nitrogens is 1. The Morgan fingerprint density at radius 1 is 0.719 bits per heavy atom. The first-order valence-electron chi connectivity index (χ1n) is 12.9. The summed E-state index contributed by atoms with van der Waals surface area (Å²) in [5.74, 6) is 0.492. The lowest BCUT2D eigenvalue weighted by Gasteiger charge is -2.25. The highest BCUT2D eigenvalue weighted by Crippen LogP contribution is 2.44. The van der Waals surface area contributed by atoms with E-state index in [2.05, 4.69) is 49.2 Å². The predicted octanol–water partition coefficient (Wildman–Crippen LogP) is 7.70. The molecule has 0 spiro atoms. The number of fused-ring (bicyclic) bond motifs is 1. The van der Waals surface area contributed by atoms with E-state index >= 15 is 0 Å². The minimum Gasteiger partial charge on any atom is -0.507 e. The van der Waals surface area contributed by atoms with E-state index in [4.69, 9.17) is 0 Å². The zero-order valence-corrected chi connectivity index (χ0v) is 20.6. The summed E-state index contributed by atoms with van der Waals surface area (Å²) < 4.78 is 0. The third kappa shape index (κ3) is 5.16. The molecule has 1 heterocycles. The summed E-state index contributed by atoms with van der Waals surface area (Å²) in [4.78, 5) is 0. The molecule has 3 aromatic rings. The van der Waals surface area contributed by atoms with Gasteiger partial charge in [-0.1, -0.05) is 70.7 Å². The van der Waals surface area contributed by atoms with E-state index in [0.717, 1.165) is 73.5 Å². The largest absolute Gasteiger partial charge is 0.507 e. The summed E-state index contributed by atoms with van der Waals surface area (Å²) >= 11 is 0. The van der Waals surface area contributed by atoms with Crippen LogP contribution in [0.1, 0.15) is 101 Å². The summed E-state index contributed by atoms with van der Waals surface area (Å²) in [7, 11) is 0. The first-order chi connectivity index (χ1) is 15.7. The quantitative estimate of drug-likeness (QED) is 0.289. The molecule has 2 N–H and O–H groups in total. The van der Waals surface area contributed by atoms with Gasteiger partial charge in [-0.3, -0.25) is 5.10 Å². The van der Waals surface area contributed by atoms with Crippen LogP contribution in [0.2, 0.25) is 0 Å². The number of phenolic OH excluding ortho intramolecular Hbond substituents is 1. The minimum atomic E-state index is 0.492. The number of aromatic nitrogens is 3. The predicted molar refractivity (Wildman–Crippen MR) is 135 cm³/mol. The summed E-state index contributed by atoms with van der Waals surface area (Å²) in [5, 5.41) is 23.3. The van der Waals surface area contributed by atoms with E-state index in [-0.39, 0.29) is 0 Å². The van der Waals surface area contributed by atoms with Crippen LogP contribution >= 0.6 is 0 Å². The van der Waals surface area contributed by atoms with E-state index < -0.39 is 0 Å². The van der Waals surface area contributed by atoms with Crippen molar-refractivity contribution >= 4 is 11.0 Å². The number of aromatic hydroxyl groups is 1. The number of nitrogens with zero attached hydrogens (tertiary/aromatic N) is 2. The van der Waals surface area contributed by atoms with Gasteiger partial charge in [-0.05, 0) is 79.7 Å². The van der Waals surface area contributed by atoms with Crippen LogP contribution in [0.25, 0.3) is 22.2 Å². The van der Waals surface area contributed by atoms with E-state index in [1.165, 1.54) is 47.9 Å². The van der Waals surface area contributed by atoms with Gasteiger partial charge in [0, 0.05) is 11.1 Å². The van der Waals surface area contributed by atoms with E-state index in [1.807, 2.05) is 12.1 Å². The monoisotopic (exact) mass is 435 g/mol. The van der Waals surface area contributed by atoms with Crippen LogP contribution in [0.3, 0.4) is 0 Å². The molecular formula is C28H41N3O. The van der Waals surface area contributed by atoms with Crippen molar-refractivity contribution in [3.8, 4) is 16.9 Å².